The van der Waals surface area contributed by atoms with E-state index in [0.29, 0.717) is 22.9 Å². The van der Waals surface area contributed by atoms with Crippen LogP contribution in [0.5, 0.6) is 11.5 Å². The second-order valence-electron chi connectivity index (χ2n) is 4.89. The lowest BCUT2D eigenvalue weighted by atomic mass is 10.2. The number of hydrogen-bond acceptors (Lipinski definition) is 5. The van der Waals surface area contributed by atoms with Crippen molar-refractivity contribution in [3.05, 3.63) is 57.6 Å². The number of carbonyl (C=O) groups excluding carboxylic acids is 1. The summed E-state index contributed by atoms with van der Waals surface area (Å²) in [5, 5.41) is 4.55. The molecule has 0 atom stereocenters. The zero-order valence-corrected chi connectivity index (χ0v) is 16.0. The van der Waals surface area contributed by atoms with Crippen LogP contribution < -0.4 is 20.6 Å². The summed E-state index contributed by atoms with van der Waals surface area (Å²) >= 11 is 16.5. The molecule has 2 aromatic carbocycles. The molecule has 0 heterocycles. The Morgan fingerprint density at radius 1 is 1.27 bits per heavy atom. The van der Waals surface area contributed by atoms with Crippen molar-refractivity contribution in [2.24, 2.45) is 10.8 Å². The van der Waals surface area contributed by atoms with Gasteiger partial charge in [0.15, 0.2) is 16.6 Å². The number of nitrogens with zero attached hydrogens (tertiary/aromatic N) is 1. The molecule has 0 aliphatic rings. The molecular formula is C17H15Cl2N3O3S. The minimum absolute atomic E-state index is 0.0525. The van der Waals surface area contributed by atoms with Crippen molar-refractivity contribution < 1.29 is 14.3 Å². The van der Waals surface area contributed by atoms with Crippen LogP contribution in [0.1, 0.15) is 22.8 Å². The van der Waals surface area contributed by atoms with Crippen molar-refractivity contribution >= 4 is 52.7 Å². The van der Waals surface area contributed by atoms with Gasteiger partial charge in [-0.1, -0.05) is 23.2 Å². The van der Waals surface area contributed by atoms with Crippen LogP contribution >= 0.6 is 35.4 Å². The van der Waals surface area contributed by atoms with E-state index in [4.69, 9.17) is 38.4 Å². The van der Waals surface area contributed by atoms with Crippen molar-refractivity contribution in [1.82, 2.24) is 5.43 Å². The molecule has 9 heteroatoms. The third-order valence-electron chi connectivity index (χ3n) is 3.01. The number of esters is 1. The maximum Gasteiger partial charge on any atom is 0.345 e. The van der Waals surface area contributed by atoms with Gasteiger partial charge in [0.2, 0.25) is 0 Å². The Balaban J connectivity index is 2.23. The molecule has 0 saturated heterocycles. The highest BCUT2D eigenvalue weighted by molar-refractivity contribution is 7.80. The Kier molecular flexibility index (Phi) is 7.20. The van der Waals surface area contributed by atoms with Gasteiger partial charge in [-0.25, -0.2) is 4.79 Å². The van der Waals surface area contributed by atoms with Crippen LogP contribution in [0.2, 0.25) is 10.0 Å². The van der Waals surface area contributed by atoms with Gasteiger partial charge in [0.05, 0.1) is 23.4 Å². The molecule has 0 radical (unpaired) electrons. The Morgan fingerprint density at radius 2 is 2.04 bits per heavy atom. The smallest absolute Gasteiger partial charge is 0.345 e. The summed E-state index contributed by atoms with van der Waals surface area (Å²) in [7, 11) is 0. The fraction of sp³-hybridized carbons (Fsp3) is 0.118. The molecule has 0 amide bonds. The van der Waals surface area contributed by atoms with Crippen molar-refractivity contribution in [3.8, 4) is 11.5 Å². The predicted octanol–water partition coefficient (Wildman–Crippen LogP) is 3.78. The van der Waals surface area contributed by atoms with E-state index in [-0.39, 0.29) is 21.4 Å². The van der Waals surface area contributed by atoms with E-state index < -0.39 is 5.97 Å². The van der Waals surface area contributed by atoms with E-state index >= 15 is 0 Å². The molecule has 0 spiro atoms. The topological polar surface area (TPSA) is 85.9 Å². The van der Waals surface area contributed by atoms with Crippen LogP contribution in [0.4, 0.5) is 0 Å². The lowest BCUT2D eigenvalue weighted by Crippen LogP contribution is -2.23. The van der Waals surface area contributed by atoms with E-state index in [1.807, 2.05) is 6.92 Å². The van der Waals surface area contributed by atoms with Gasteiger partial charge in [-0.3, -0.25) is 5.43 Å². The molecule has 0 saturated carbocycles. The van der Waals surface area contributed by atoms with Crippen molar-refractivity contribution in [3.63, 3.8) is 0 Å². The van der Waals surface area contributed by atoms with Crippen molar-refractivity contribution in [2.45, 2.75) is 6.92 Å². The number of carbonyl (C=O) groups is 1. The van der Waals surface area contributed by atoms with Gasteiger partial charge in [-0.05, 0) is 61.1 Å². The number of hydrogen-bond donors (Lipinski definition) is 2. The number of nitrogens with one attached hydrogen (secondary N) is 1. The molecule has 6 nitrogen and oxygen atoms in total. The normalized spacial score (nSPS) is 10.6. The second kappa shape index (κ2) is 9.38. The first-order valence-corrected chi connectivity index (χ1v) is 8.59. The van der Waals surface area contributed by atoms with E-state index in [1.165, 1.54) is 18.3 Å². The van der Waals surface area contributed by atoms with Crippen LogP contribution in [-0.2, 0) is 0 Å². The lowest BCUT2D eigenvalue weighted by molar-refractivity contribution is 0.0728. The Morgan fingerprint density at radius 3 is 2.69 bits per heavy atom. The van der Waals surface area contributed by atoms with Crippen LogP contribution in [0.25, 0.3) is 0 Å². The fourth-order valence-corrected chi connectivity index (χ4v) is 2.48. The highest BCUT2D eigenvalue weighted by atomic mass is 35.5. The first kappa shape index (κ1) is 20.0. The molecule has 0 unspecified atom stereocenters. The maximum absolute atomic E-state index is 12.4. The summed E-state index contributed by atoms with van der Waals surface area (Å²) in [4.78, 5) is 12.4. The van der Waals surface area contributed by atoms with E-state index in [1.54, 1.807) is 24.3 Å². The summed E-state index contributed by atoms with van der Waals surface area (Å²) in [5.74, 6) is 0.0108. The molecule has 0 aliphatic carbocycles. The monoisotopic (exact) mass is 411 g/mol. The summed E-state index contributed by atoms with van der Waals surface area (Å²) in [6, 6.07) is 9.48. The highest BCUT2D eigenvalue weighted by Gasteiger charge is 2.16. The van der Waals surface area contributed by atoms with E-state index in [2.05, 4.69) is 22.7 Å². The molecule has 26 heavy (non-hydrogen) atoms. The Hall–Kier alpha value is -2.35. The maximum atomic E-state index is 12.4. The van der Waals surface area contributed by atoms with Crippen molar-refractivity contribution in [2.75, 3.05) is 6.61 Å². The molecule has 2 rings (SSSR count). The van der Waals surface area contributed by atoms with Gasteiger partial charge < -0.3 is 15.2 Å². The van der Waals surface area contributed by atoms with Crippen LogP contribution in [0.3, 0.4) is 0 Å². The number of ether oxygens (including phenoxy) is 2. The fourth-order valence-electron chi connectivity index (χ4n) is 1.94. The molecule has 0 aliphatic heterocycles. The zero-order valence-electron chi connectivity index (χ0n) is 13.7. The first-order chi connectivity index (χ1) is 12.4. The Bertz CT molecular complexity index is 859. The number of nitrogens with two attached hydrogens (primary N) is 1. The SMILES string of the molecule is CCOc1cc(/C=N/NC(N)=S)ccc1OC(=O)c1ccc(Cl)cc1Cl. The quantitative estimate of drug-likeness (QED) is 0.247. The number of hydrazone groups is 1. The van der Waals surface area contributed by atoms with Gasteiger partial charge in [-0.15, -0.1) is 0 Å². The molecule has 0 bridgehead atoms. The Labute approximate surface area is 165 Å². The van der Waals surface area contributed by atoms with Gasteiger partial charge >= 0.3 is 5.97 Å². The average molecular weight is 412 g/mol. The highest BCUT2D eigenvalue weighted by Crippen LogP contribution is 2.30. The van der Waals surface area contributed by atoms with Crippen LogP contribution in [-0.4, -0.2) is 23.9 Å². The summed E-state index contributed by atoms with van der Waals surface area (Å²) < 4.78 is 10.9. The van der Waals surface area contributed by atoms with Gasteiger partial charge in [0, 0.05) is 5.02 Å². The van der Waals surface area contributed by atoms with Crippen molar-refractivity contribution in [1.29, 1.82) is 0 Å². The molecule has 0 fully saturated rings. The lowest BCUT2D eigenvalue weighted by Gasteiger charge is -2.12. The average Bonchev–Trinajstić information content (AvgIpc) is 2.57. The zero-order chi connectivity index (χ0) is 19.1. The number of rotatable bonds is 6. The van der Waals surface area contributed by atoms with Crippen LogP contribution in [0, 0.1) is 0 Å². The largest absolute Gasteiger partial charge is 0.490 e. The number of halogens is 2. The third kappa shape index (κ3) is 5.59. The summed E-state index contributed by atoms with van der Waals surface area (Å²) in [6.45, 7) is 2.20. The van der Waals surface area contributed by atoms with Gasteiger partial charge in [-0.2, -0.15) is 5.10 Å². The second-order valence-corrected chi connectivity index (χ2v) is 6.17. The molecule has 136 valence electrons. The molecule has 0 aromatic heterocycles. The first-order valence-electron chi connectivity index (χ1n) is 7.43. The third-order valence-corrected chi connectivity index (χ3v) is 3.65. The summed E-state index contributed by atoms with van der Waals surface area (Å²) in [6.07, 6.45) is 1.50. The van der Waals surface area contributed by atoms with Gasteiger partial charge in [0.1, 0.15) is 0 Å². The number of benzene rings is 2. The minimum Gasteiger partial charge on any atom is -0.490 e. The molecule has 3 N–H and O–H groups in total. The standard InChI is InChI=1S/C17H15Cl2N3O3S/c1-2-24-15-7-10(9-21-22-17(20)26)3-6-14(15)25-16(23)12-5-4-11(18)8-13(12)19/h3-9H,2H2,1H3,(H3,20,22,26)/b21-9+. The molecule has 2 aromatic rings. The number of thiocarbonyl (C=S) groups is 1. The predicted molar refractivity (Wildman–Crippen MR) is 107 cm³/mol. The minimum atomic E-state index is -0.621. The van der Waals surface area contributed by atoms with Gasteiger partial charge in [0.25, 0.3) is 0 Å². The van der Waals surface area contributed by atoms with E-state index in [0.717, 1.165) is 0 Å². The summed E-state index contributed by atoms with van der Waals surface area (Å²) in [5.41, 5.74) is 8.64. The van der Waals surface area contributed by atoms with E-state index in [9.17, 15) is 4.79 Å². The molecular weight excluding hydrogens is 397 g/mol. The van der Waals surface area contributed by atoms with Crippen LogP contribution in [0.15, 0.2) is 41.5 Å².